The molecule has 0 amide bonds. The lowest BCUT2D eigenvalue weighted by atomic mass is 10.1. The molecule has 1 unspecified atom stereocenters. The first kappa shape index (κ1) is 14.8. The highest BCUT2D eigenvalue weighted by atomic mass is 35.5. The molecule has 19 heavy (non-hydrogen) atoms. The lowest BCUT2D eigenvalue weighted by Crippen LogP contribution is -2.46. The lowest BCUT2D eigenvalue weighted by molar-refractivity contribution is 0.300. The Hall–Kier alpha value is -0.620. The number of nitrogens with one attached hydrogen (secondary N) is 1. The van der Waals surface area contributed by atoms with Crippen molar-refractivity contribution in [2.45, 2.75) is 30.7 Å². The Morgan fingerprint density at radius 2 is 2.16 bits per heavy atom. The van der Waals surface area contributed by atoms with E-state index in [1.54, 1.807) is 25.2 Å². The van der Waals surface area contributed by atoms with Crippen LogP contribution in [0.3, 0.4) is 0 Å². The van der Waals surface area contributed by atoms with Crippen molar-refractivity contribution in [1.29, 1.82) is 0 Å². The van der Waals surface area contributed by atoms with Gasteiger partial charge in [-0.3, -0.25) is 0 Å². The Balaban J connectivity index is 2.30. The van der Waals surface area contributed by atoms with Gasteiger partial charge in [-0.2, -0.15) is 4.31 Å². The predicted octanol–water partition coefficient (Wildman–Crippen LogP) is 2.02. The maximum absolute atomic E-state index is 12.6. The molecular formula is C13H19ClN2O2S. The summed E-state index contributed by atoms with van der Waals surface area (Å²) < 4.78 is 26.6. The molecule has 1 N–H and O–H groups in total. The van der Waals surface area contributed by atoms with Crippen molar-refractivity contribution in [1.82, 2.24) is 9.62 Å². The van der Waals surface area contributed by atoms with Crippen molar-refractivity contribution < 1.29 is 8.42 Å². The van der Waals surface area contributed by atoms with Gasteiger partial charge in [0, 0.05) is 19.6 Å². The van der Waals surface area contributed by atoms with E-state index in [4.69, 9.17) is 11.6 Å². The fourth-order valence-corrected chi connectivity index (χ4v) is 4.27. The Bertz CT molecular complexity index is 554. The van der Waals surface area contributed by atoms with E-state index in [1.807, 2.05) is 6.92 Å². The summed E-state index contributed by atoms with van der Waals surface area (Å²) >= 11 is 6.08. The van der Waals surface area contributed by atoms with Crippen LogP contribution in [-0.2, 0) is 10.0 Å². The zero-order chi connectivity index (χ0) is 14.0. The van der Waals surface area contributed by atoms with Crippen molar-refractivity contribution in [2.24, 2.45) is 0 Å². The van der Waals surface area contributed by atoms with Crippen LogP contribution in [0.15, 0.2) is 23.1 Å². The number of rotatable bonds is 3. The van der Waals surface area contributed by atoms with Crippen molar-refractivity contribution in [3.63, 3.8) is 0 Å². The van der Waals surface area contributed by atoms with E-state index in [0.29, 0.717) is 6.54 Å². The predicted molar refractivity (Wildman–Crippen MR) is 77.0 cm³/mol. The first-order valence-corrected chi connectivity index (χ1v) is 8.19. The smallest absolute Gasteiger partial charge is 0.244 e. The van der Waals surface area contributed by atoms with Gasteiger partial charge in [0.05, 0.1) is 5.02 Å². The van der Waals surface area contributed by atoms with E-state index in [0.717, 1.165) is 24.9 Å². The van der Waals surface area contributed by atoms with Crippen LogP contribution in [0.5, 0.6) is 0 Å². The van der Waals surface area contributed by atoms with Crippen LogP contribution in [-0.4, -0.2) is 38.9 Å². The number of nitrogens with zero attached hydrogens (tertiary/aromatic N) is 1. The normalized spacial score (nSPS) is 20.7. The maximum atomic E-state index is 12.6. The molecule has 1 fully saturated rings. The van der Waals surface area contributed by atoms with E-state index < -0.39 is 10.0 Å². The SMILES string of the molecule is Cc1ccc(S(=O)(=O)N(C)C2CCCNC2)c(Cl)c1. The summed E-state index contributed by atoms with van der Waals surface area (Å²) in [6.07, 6.45) is 1.87. The summed E-state index contributed by atoms with van der Waals surface area (Å²) in [6.45, 7) is 3.53. The lowest BCUT2D eigenvalue weighted by Gasteiger charge is -2.31. The second kappa shape index (κ2) is 5.79. The number of hydrogen-bond donors (Lipinski definition) is 1. The van der Waals surface area contributed by atoms with Crippen LogP contribution in [0.25, 0.3) is 0 Å². The number of sulfonamides is 1. The van der Waals surface area contributed by atoms with Crippen molar-refractivity contribution in [3.05, 3.63) is 28.8 Å². The third kappa shape index (κ3) is 3.11. The number of piperidine rings is 1. The molecule has 4 nitrogen and oxygen atoms in total. The average Bonchev–Trinajstić information content (AvgIpc) is 2.38. The van der Waals surface area contributed by atoms with Crippen LogP contribution in [0.2, 0.25) is 5.02 Å². The Morgan fingerprint density at radius 1 is 1.42 bits per heavy atom. The highest BCUT2D eigenvalue weighted by Gasteiger charge is 2.30. The fraction of sp³-hybridized carbons (Fsp3) is 0.538. The van der Waals surface area contributed by atoms with E-state index in [-0.39, 0.29) is 16.0 Å². The second-order valence-electron chi connectivity index (χ2n) is 4.96. The zero-order valence-electron chi connectivity index (χ0n) is 11.2. The summed E-state index contributed by atoms with van der Waals surface area (Å²) in [5.41, 5.74) is 0.950. The summed E-state index contributed by atoms with van der Waals surface area (Å²) in [5.74, 6) is 0. The highest BCUT2D eigenvalue weighted by molar-refractivity contribution is 7.89. The number of hydrogen-bond acceptors (Lipinski definition) is 3. The molecule has 1 aromatic rings. The first-order valence-electron chi connectivity index (χ1n) is 6.38. The molecule has 1 saturated heterocycles. The largest absolute Gasteiger partial charge is 0.315 e. The third-order valence-corrected chi connectivity index (χ3v) is 5.92. The fourth-order valence-electron chi connectivity index (χ4n) is 2.31. The van der Waals surface area contributed by atoms with Crippen LogP contribution < -0.4 is 5.32 Å². The van der Waals surface area contributed by atoms with Crippen molar-refractivity contribution in [2.75, 3.05) is 20.1 Å². The number of likely N-dealkylation sites (N-methyl/N-ethyl adjacent to an activating group) is 1. The molecule has 1 atom stereocenters. The van der Waals surface area contributed by atoms with Crippen LogP contribution in [0.1, 0.15) is 18.4 Å². The van der Waals surface area contributed by atoms with Gasteiger partial charge < -0.3 is 5.32 Å². The Labute approximate surface area is 119 Å². The van der Waals surface area contributed by atoms with Crippen LogP contribution >= 0.6 is 11.6 Å². The average molecular weight is 303 g/mol. The molecule has 1 aliphatic heterocycles. The molecule has 1 heterocycles. The summed E-state index contributed by atoms with van der Waals surface area (Å²) in [6, 6.07) is 5.03. The van der Waals surface area contributed by atoms with Gasteiger partial charge >= 0.3 is 0 Å². The molecule has 6 heteroatoms. The molecule has 0 saturated carbocycles. The van der Waals surface area contributed by atoms with Gasteiger partial charge in [0.1, 0.15) is 4.90 Å². The van der Waals surface area contributed by atoms with E-state index in [2.05, 4.69) is 5.32 Å². The molecule has 1 aromatic carbocycles. The van der Waals surface area contributed by atoms with Gasteiger partial charge in [-0.25, -0.2) is 8.42 Å². The molecule has 0 spiro atoms. The van der Waals surface area contributed by atoms with Gasteiger partial charge in [0.15, 0.2) is 0 Å². The summed E-state index contributed by atoms with van der Waals surface area (Å²) in [7, 11) is -1.90. The molecular weight excluding hydrogens is 284 g/mol. The summed E-state index contributed by atoms with van der Waals surface area (Å²) in [5, 5.41) is 3.51. The Morgan fingerprint density at radius 3 is 2.74 bits per heavy atom. The van der Waals surface area contributed by atoms with Gasteiger partial charge in [-0.15, -0.1) is 0 Å². The molecule has 0 bridgehead atoms. The minimum Gasteiger partial charge on any atom is -0.315 e. The molecule has 0 radical (unpaired) electrons. The minimum absolute atomic E-state index is 0.00359. The van der Waals surface area contributed by atoms with Crippen LogP contribution in [0.4, 0.5) is 0 Å². The second-order valence-corrected chi connectivity index (χ2v) is 7.33. The summed E-state index contributed by atoms with van der Waals surface area (Å²) in [4.78, 5) is 0.188. The van der Waals surface area contributed by atoms with Crippen molar-refractivity contribution in [3.8, 4) is 0 Å². The van der Waals surface area contributed by atoms with Crippen LogP contribution in [0, 0.1) is 6.92 Å². The van der Waals surface area contributed by atoms with Crippen molar-refractivity contribution >= 4 is 21.6 Å². The minimum atomic E-state index is -3.52. The molecule has 0 aromatic heterocycles. The number of benzene rings is 1. The van der Waals surface area contributed by atoms with E-state index >= 15 is 0 Å². The molecule has 2 rings (SSSR count). The van der Waals surface area contributed by atoms with Gasteiger partial charge in [0.25, 0.3) is 0 Å². The number of aryl methyl sites for hydroxylation is 1. The highest BCUT2D eigenvalue weighted by Crippen LogP contribution is 2.27. The first-order chi connectivity index (χ1) is 8.93. The zero-order valence-corrected chi connectivity index (χ0v) is 12.8. The topological polar surface area (TPSA) is 49.4 Å². The molecule has 106 valence electrons. The van der Waals surface area contributed by atoms with Gasteiger partial charge in [-0.1, -0.05) is 17.7 Å². The molecule has 1 aliphatic rings. The number of halogens is 1. The quantitative estimate of drug-likeness (QED) is 0.929. The van der Waals surface area contributed by atoms with E-state index in [1.165, 1.54) is 4.31 Å². The third-order valence-electron chi connectivity index (χ3n) is 3.53. The monoisotopic (exact) mass is 302 g/mol. The maximum Gasteiger partial charge on any atom is 0.244 e. The standard InChI is InChI=1S/C13H19ClN2O2S/c1-10-5-6-13(12(14)8-10)19(17,18)16(2)11-4-3-7-15-9-11/h5-6,8,11,15H,3-4,7,9H2,1-2H3. The molecule has 0 aliphatic carbocycles. The van der Waals surface area contributed by atoms with Gasteiger partial charge in [0.2, 0.25) is 10.0 Å². The Kier molecular flexibility index (Phi) is 4.50. The van der Waals surface area contributed by atoms with E-state index in [9.17, 15) is 8.42 Å². The van der Waals surface area contributed by atoms with Gasteiger partial charge in [-0.05, 0) is 44.0 Å².